The molecule has 0 amide bonds. The predicted octanol–water partition coefficient (Wildman–Crippen LogP) is 12.9. The number of allylic oxidation sites excluding steroid dienone is 10. The van der Waals surface area contributed by atoms with Gasteiger partial charge in [0.05, 0.1) is 34.4 Å². The Morgan fingerprint density at radius 2 is 1.05 bits per heavy atom. The van der Waals surface area contributed by atoms with Crippen molar-refractivity contribution in [2.24, 2.45) is 0 Å². The third-order valence-corrected chi connectivity index (χ3v) is 10.0. The number of phosphoric ester groups is 1. The molecule has 0 aromatic carbocycles. The smallest absolute Gasteiger partial charge is 0.457 e. The first kappa shape index (κ1) is 53.2. The summed E-state index contributed by atoms with van der Waals surface area (Å²) < 4.78 is 34.9. The van der Waals surface area contributed by atoms with E-state index < -0.39 is 13.9 Å². The highest BCUT2D eigenvalue weighted by atomic mass is 31.2. The first-order valence-corrected chi connectivity index (χ1v) is 23.5. The van der Waals surface area contributed by atoms with Gasteiger partial charge in [-0.15, -0.1) is 0 Å². The van der Waals surface area contributed by atoms with Crippen LogP contribution in [0.1, 0.15) is 168 Å². The van der Waals surface area contributed by atoms with Crippen LogP contribution < -0.4 is 0 Å². The van der Waals surface area contributed by atoms with E-state index in [1.807, 2.05) is 21.1 Å². The first-order valence-electron chi connectivity index (χ1n) is 22.0. The Bertz CT molecular complexity index is 1060. The largest absolute Gasteiger partial charge is 0.472 e. The number of quaternary nitrogens is 1. The fourth-order valence-electron chi connectivity index (χ4n) is 5.67. The van der Waals surface area contributed by atoms with Crippen LogP contribution in [-0.4, -0.2) is 75.6 Å². The van der Waals surface area contributed by atoms with Crippen LogP contribution in [0.25, 0.3) is 0 Å². The number of carbonyl (C=O) groups is 1. The van der Waals surface area contributed by atoms with Crippen LogP contribution in [0.15, 0.2) is 60.8 Å². The third kappa shape index (κ3) is 43.2. The molecule has 55 heavy (non-hydrogen) atoms. The molecule has 2 unspecified atom stereocenters. The van der Waals surface area contributed by atoms with Crippen molar-refractivity contribution >= 4 is 13.8 Å². The molecular weight excluding hydrogens is 709 g/mol. The first-order chi connectivity index (χ1) is 26.6. The number of hydrogen-bond acceptors (Lipinski definition) is 6. The molecule has 0 aliphatic carbocycles. The van der Waals surface area contributed by atoms with Gasteiger partial charge in [0.25, 0.3) is 0 Å². The van der Waals surface area contributed by atoms with Crippen LogP contribution in [0.3, 0.4) is 0 Å². The van der Waals surface area contributed by atoms with Gasteiger partial charge in [0.2, 0.25) is 0 Å². The summed E-state index contributed by atoms with van der Waals surface area (Å²) >= 11 is 0. The van der Waals surface area contributed by atoms with Gasteiger partial charge in [-0.25, -0.2) is 4.57 Å². The fourth-order valence-corrected chi connectivity index (χ4v) is 6.41. The van der Waals surface area contributed by atoms with Crippen LogP contribution in [0.5, 0.6) is 0 Å². The number of unbranched alkanes of at least 4 members (excludes halogenated alkanes) is 16. The Morgan fingerprint density at radius 1 is 0.582 bits per heavy atom. The van der Waals surface area contributed by atoms with Crippen LogP contribution >= 0.6 is 7.82 Å². The van der Waals surface area contributed by atoms with E-state index in [1.165, 1.54) is 89.9 Å². The van der Waals surface area contributed by atoms with Crippen molar-refractivity contribution < 1.29 is 37.3 Å². The van der Waals surface area contributed by atoms with Crippen molar-refractivity contribution in [3.8, 4) is 0 Å². The SMILES string of the molecule is CC/C=C\C/C=C\C/C=C\C/C=C\CCCOCC(COP(=O)(O)OCC[N+](C)(C)C)OC(=O)CCCCCCCCCCC/C=C\CCCCCCCC. The van der Waals surface area contributed by atoms with Crippen LogP contribution in [0, 0.1) is 0 Å². The molecule has 0 saturated heterocycles. The highest BCUT2D eigenvalue weighted by Gasteiger charge is 2.26. The summed E-state index contributed by atoms with van der Waals surface area (Å²) in [4.78, 5) is 22.9. The standard InChI is InChI=1S/C46H84NO7P/c1-6-8-10-12-14-16-18-20-22-23-24-25-26-27-29-31-33-35-37-39-46(48)54-45(44-53-55(49,50)52-42-40-47(3,4)5)43-51-41-38-36-34-32-30-28-21-19-17-15-13-11-9-7-2/h9,11,15,17,20-22,28,32,34,45H,6-8,10,12-14,16,18-19,23-27,29-31,33,35-44H2,1-5H3/p+1/b11-9-,17-15-,22-20-,28-21-,34-32-. The summed E-state index contributed by atoms with van der Waals surface area (Å²) in [7, 11) is 1.62. The van der Waals surface area contributed by atoms with Crippen molar-refractivity contribution in [3.63, 3.8) is 0 Å². The molecule has 0 spiro atoms. The minimum atomic E-state index is -4.29. The summed E-state index contributed by atoms with van der Waals surface area (Å²) in [5.41, 5.74) is 0. The molecule has 0 aliphatic rings. The molecule has 0 heterocycles. The molecule has 0 bridgehead atoms. The monoisotopic (exact) mass is 795 g/mol. The topological polar surface area (TPSA) is 91.3 Å². The molecule has 9 heteroatoms. The highest BCUT2D eigenvalue weighted by Crippen LogP contribution is 2.43. The maximum atomic E-state index is 12.7. The lowest BCUT2D eigenvalue weighted by Crippen LogP contribution is -2.37. The minimum absolute atomic E-state index is 0.0759. The van der Waals surface area contributed by atoms with Gasteiger partial charge in [-0.05, 0) is 70.6 Å². The lowest BCUT2D eigenvalue weighted by Gasteiger charge is -2.24. The third-order valence-electron chi connectivity index (χ3n) is 9.06. The van der Waals surface area contributed by atoms with Crippen molar-refractivity contribution in [2.45, 2.75) is 174 Å². The molecule has 8 nitrogen and oxygen atoms in total. The number of rotatable bonds is 40. The van der Waals surface area contributed by atoms with Gasteiger partial charge in [0, 0.05) is 13.0 Å². The van der Waals surface area contributed by atoms with Crippen LogP contribution in [0.2, 0.25) is 0 Å². The second-order valence-electron chi connectivity index (χ2n) is 15.7. The summed E-state index contributed by atoms with van der Waals surface area (Å²) in [6, 6.07) is 0. The molecule has 0 fully saturated rings. The Balaban J connectivity index is 4.29. The molecule has 0 saturated carbocycles. The number of likely N-dealkylation sites (N-methyl/N-ethyl adjacent to an activating group) is 1. The van der Waals surface area contributed by atoms with E-state index in [2.05, 4.69) is 74.6 Å². The summed E-state index contributed by atoms with van der Waals surface area (Å²) in [5, 5.41) is 0. The average molecular weight is 795 g/mol. The zero-order valence-corrected chi connectivity index (χ0v) is 37.0. The van der Waals surface area contributed by atoms with E-state index in [-0.39, 0.29) is 25.8 Å². The maximum Gasteiger partial charge on any atom is 0.472 e. The molecule has 1 N–H and O–H groups in total. The van der Waals surface area contributed by atoms with Crippen LogP contribution in [0.4, 0.5) is 0 Å². The minimum Gasteiger partial charge on any atom is -0.457 e. The molecule has 0 radical (unpaired) electrons. The normalized spacial score (nSPS) is 14.4. The summed E-state index contributed by atoms with van der Waals surface area (Å²) in [6.07, 6.45) is 48.4. The highest BCUT2D eigenvalue weighted by molar-refractivity contribution is 7.47. The second-order valence-corrected chi connectivity index (χ2v) is 17.1. The van der Waals surface area contributed by atoms with E-state index in [9.17, 15) is 14.3 Å². The second kappa shape index (κ2) is 39.0. The van der Waals surface area contributed by atoms with E-state index in [0.717, 1.165) is 57.8 Å². The predicted molar refractivity (Wildman–Crippen MR) is 233 cm³/mol. The van der Waals surface area contributed by atoms with Crippen molar-refractivity contribution in [1.29, 1.82) is 0 Å². The zero-order valence-electron chi connectivity index (χ0n) is 36.1. The van der Waals surface area contributed by atoms with E-state index in [1.54, 1.807) is 0 Å². The molecular formula is C46H85NO7P+. The number of carbonyl (C=O) groups excluding carboxylic acids is 1. The number of nitrogens with zero attached hydrogens (tertiary/aromatic N) is 1. The molecule has 2 atom stereocenters. The summed E-state index contributed by atoms with van der Waals surface area (Å²) in [5.74, 6) is -0.336. The Kier molecular flexibility index (Phi) is 37.8. The van der Waals surface area contributed by atoms with Crippen molar-refractivity contribution in [1.82, 2.24) is 0 Å². The van der Waals surface area contributed by atoms with Gasteiger partial charge in [0.15, 0.2) is 0 Å². The number of esters is 1. The molecule has 0 aliphatic heterocycles. The Hall–Kier alpha value is -1.80. The molecule has 0 rings (SSSR count). The van der Waals surface area contributed by atoms with Gasteiger partial charge in [-0.3, -0.25) is 13.8 Å². The van der Waals surface area contributed by atoms with Gasteiger partial charge < -0.3 is 18.9 Å². The molecule has 0 aromatic rings. The number of ether oxygens (including phenoxy) is 2. The van der Waals surface area contributed by atoms with Gasteiger partial charge in [-0.2, -0.15) is 0 Å². The average Bonchev–Trinajstić information content (AvgIpc) is 3.13. The van der Waals surface area contributed by atoms with E-state index >= 15 is 0 Å². The van der Waals surface area contributed by atoms with Crippen molar-refractivity contribution in [3.05, 3.63) is 60.8 Å². The maximum absolute atomic E-state index is 12.7. The number of phosphoric acid groups is 1. The Labute approximate surface area is 339 Å². The number of hydrogen-bond donors (Lipinski definition) is 1. The van der Waals surface area contributed by atoms with Crippen molar-refractivity contribution in [2.75, 3.05) is 54.1 Å². The van der Waals surface area contributed by atoms with Gasteiger partial charge >= 0.3 is 13.8 Å². The van der Waals surface area contributed by atoms with E-state index in [4.69, 9.17) is 18.5 Å². The fraction of sp³-hybridized carbons (Fsp3) is 0.761. The lowest BCUT2D eigenvalue weighted by atomic mass is 10.1. The van der Waals surface area contributed by atoms with E-state index in [0.29, 0.717) is 24.1 Å². The summed E-state index contributed by atoms with van der Waals surface area (Å²) in [6.45, 7) is 5.34. The lowest BCUT2D eigenvalue weighted by molar-refractivity contribution is -0.870. The van der Waals surface area contributed by atoms with Gasteiger partial charge in [0.1, 0.15) is 19.3 Å². The van der Waals surface area contributed by atoms with Crippen LogP contribution in [-0.2, 0) is 27.9 Å². The zero-order chi connectivity index (χ0) is 40.6. The molecule has 320 valence electrons. The van der Waals surface area contributed by atoms with Gasteiger partial charge in [-0.1, -0.05) is 152 Å². The molecule has 0 aromatic heterocycles. The Morgan fingerprint density at radius 3 is 1.60 bits per heavy atom. The quantitative estimate of drug-likeness (QED) is 0.0217.